The van der Waals surface area contributed by atoms with E-state index in [2.05, 4.69) is 32.5 Å². The fraction of sp³-hybridized carbons (Fsp3) is 0.500. The predicted molar refractivity (Wildman–Crippen MR) is 76.5 cm³/mol. The van der Waals surface area contributed by atoms with E-state index in [1.54, 1.807) is 18.3 Å². The average molecular weight is 317 g/mol. The van der Waals surface area contributed by atoms with Gasteiger partial charge in [0.05, 0.1) is 0 Å². The van der Waals surface area contributed by atoms with E-state index in [0.29, 0.717) is 10.2 Å². The number of nitrogens with zero attached hydrogens (tertiary/aromatic N) is 1. The second-order valence-corrected chi connectivity index (χ2v) is 5.47. The van der Waals surface area contributed by atoms with E-state index < -0.39 is 0 Å². The Morgan fingerprint density at radius 3 is 3.00 bits per heavy atom. The van der Waals surface area contributed by atoms with Crippen molar-refractivity contribution in [3.8, 4) is 0 Å². The van der Waals surface area contributed by atoms with Crippen LogP contribution in [-0.4, -0.2) is 29.4 Å². The van der Waals surface area contributed by atoms with Crippen LogP contribution in [-0.2, 0) is 0 Å². The minimum atomic E-state index is -0.0297. The number of carbonyl (C=O) groups excluding carboxylic acids is 1. The van der Waals surface area contributed by atoms with E-state index in [9.17, 15) is 4.79 Å². The molecule has 1 amide bonds. The van der Waals surface area contributed by atoms with E-state index in [-0.39, 0.29) is 5.91 Å². The number of amides is 1. The zero-order valence-electron chi connectivity index (χ0n) is 9.91. The molecule has 0 aliphatic heterocycles. The molecule has 1 heterocycles. The zero-order chi connectivity index (χ0) is 12.5. The summed E-state index contributed by atoms with van der Waals surface area (Å²) >= 11 is 5.11. The first-order valence-electron chi connectivity index (χ1n) is 5.62. The van der Waals surface area contributed by atoms with Crippen LogP contribution in [0.5, 0.6) is 0 Å². The maximum Gasteiger partial charge on any atom is 0.251 e. The molecule has 17 heavy (non-hydrogen) atoms. The molecule has 94 valence electrons. The summed E-state index contributed by atoms with van der Waals surface area (Å²) in [6.45, 7) is 0.743. The number of nitrogens with one attached hydrogen (secondary N) is 1. The number of aromatic nitrogens is 1. The van der Waals surface area contributed by atoms with Gasteiger partial charge in [-0.3, -0.25) is 4.79 Å². The molecule has 3 nitrogen and oxygen atoms in total. The summed E-state index contributed by atoms with van der Waals surface area (Å²) in [5.74, 6) is 1.17. The van der Waals surface area contributed by atoms with Crippen molar-refractivity contribution in [2.75, 3.05) is 18.6 Å². The van der Waals surface area contributed by atoms with Gasteiger partial charge >= 0.3 is 0 Å². The Balaban J connectivity index is 2.21. The van der Waals surface area contributed by atoms with Gasteiger partial charge in [0.15, 0.2) is 0 Å². The summed E-state index contributed by atoms with van der Waals surface area (Å²) < 4.78 is 0.685. The number of thioether (sulfide) groups is 1. The highest BCUT2D eigenvalue weighted by Gasteiger charge is 2.04. The summed E-state index contributed by atoms with van der Waals surface area (Å²) in [6.07, 6.45) is 7.16. The molecule has 0 saturated heterocycles. The molecule has 0 saturated carbocycles. The molecular weight excluding hydrogens is 300 g/mol. The number of pyridine rings is 1. The standard InChI is InChI=1S/C12H17BrN2OS/c1-17-8-4-2-3-6-15-12(16)10-5-7-14-11(13)9-10/h5,7,9H,2-4,6,8H2,1H3,(H,15,16). The molecule has 0 bridgehead atoms. The van der Waals surface area contributed by atoms with Gasteiger partial charge in [0.2, 0.25) is 0 Å². The maximum atomic E-state index is 11.7. The first-order chi connectivity index (χ1) is 8.24. The van der Waals surface area contributed by atoms with Crippen molar-refractivity contribution in [2.24, 2.45) is 0 Å². The summed E-state index contributed by atoms with van der Waals surface area (Å²) in [5, 5.41) is 2.91. The highest BCUT2D eigenvalue weighted by molar-refractivity contribution is 9.10. The second-order valence-electron chi connectivity index (χ2n) is 3.68. The fourth-order valence-corrected chi connectivity index (χ4v) is 2.25. The molecule has 0 unspecified atom stereocenters. The molecule has 1 rings (SSSR count). The van der Waals surface area contributed by atoms with Crippen LogP contribution in [0.1, 0.15) is 29.6 Å². The summed E-state index contributed by atoms with van der Waals surface area (Å²) in [6, 6.07) is 3.44. The summed E-state index contributed by atoms with van der Waals surface area (Å²) in [5.41, 5.74) is 0.649. The lowest BCUT2D eigenvalue weighted by Crippen LogP contribution is -2.24. The first kappa shape index (κ1) is 14.5. The Kier molecular flexibility index (Phi) is 7.28. The van der Waals surface area contributed by atoms with Crippen LogP contribution in [0.3, 0.4) is 0 Å². The fourth-order valence-electron chi connectivity index (χ4n) is 1.40. The summed E-state index contributed by atoms with van der Waals surface area (Å²) in [4.78, 5) is 15.7. The molecule has 0 atom stereocenters. The number of halogens is 1. The van der Waals surface area contributed by atoms with Crippen LogP contribution in [0.2, 0.25) is 0 Å². The van der Waals surface area contributed by atoms with Gasteiger partial charge in [-0.25, -0.2) is 4.98 Å². The highest BCUT2D eigenvalue weighted by atomic mass is 79.9. The molecule has 0 aliphatic rings. The molecule has 0 aromatic carbocycles. The molecule has 0 radical (unpaired) electrons. The Bertz CT molecular complexity index is 360. The minimum absolute atomic E-state index is 0.0297. The van der Waals surface area contributed by atoms with Crippen molar-refractivity contribution in [1.29, 1.82) is 0 Å². The molecular formula is C12H17BrN2OS. The lowest BCUT2D eigenvalue weighted by Gasteiger charge is -2.05. The topological polar surface area (TPSA) is 42.0 Å². The Labute approximate surface area is 115 Å². The van der Waals surface area contributed by atoms with E-state index in [1.807, 2.05) is 11.8 Å². The van der Waals surface area contributed by atoms with Crippen molar-refractivity contribution in [3.63, 3.8) is 0 Å². The summed E-state index contributed by atoms with van der Waals surface area (Å²) in [7, 11) is 0. The Morgan fingerprint density at radius 1 is 1.47 bits per heavy atom. The van der Waals surface area contributed by atoms with Gasteiger partial charge < -0.3 is 5.32 Å². The van der Waals surface area contributed by atoms with Crippen LogP contribution in [0.25, 0.3) is 0 Å². The van der Waals surface area contributed by atoms with E-state index in [4.69, 9.17) is 0 Å². The van der Waals surface area contributed by atoms with Gasteiger partial charge in [0.25, 0.3) is 5.91 Å². The van der Waals surface area contributed by atoms with Crippen LogP contribution in [0, 0.1) is 0 Å². The predicted octanol–water partition coefficient (Wildman–Crippen LogP) is 3.11. The molecule has 0 aliphatic carbocycles. The van der Waals surface area contributed by atoms with Gasteiger partial charge in [0.1, 0.15) is 4.60 Å². The normalized spacial score (nSPS) is 10.2. The number of carbonyl (C=O) groups is 1. The molecule has 5 heteroatoms. The molecule has 1 N–H and O–H groups in total. The quantitative estimate of drug-likeness (QED) is 0.621. The molecule has 0 fully saturated rings. The minimum Gasteiger partial charge on any atom is -0.352 e. The van der Waals surface area contributed by atoms with Crippen LogP contribution in [0.15, 0.2) is 22.9 Å². The van der Waals surface area contributed by atoms with Crippen molar-refractivity contribution in [3.05, 3.63) is 28.5 Å². The third kappa shape index (κ3) is 6.07. The highest BCUT2D eigenvalue weighted by Crippen LogP contribution is 2.08. The van der Waals surface area contributed by atoms with E-state index in [0.717, 1.165) is 13.0 Å². The van der Waals surface area contributed by atoms with Gasteiger partial charge in [-0.15, -0.1) is 0 Å². The Morgan fingerprint density at radius 2 is 2.29 bits per heavy atom. The largest absolute Gasteiger partial charge is 0.352 e. The SMILES string of the molecule is CSCCCCCNC(=O)c1ccnc(Br)c1. The molecule has 1 aromatic heterocycles. The number of hydrogen-bond acceptors (Lipinski definition) is 3. The van der Waals surface area contributed by atoms with E-state index in [1.165, 1.54) is 18.6 Å². The maximum absolute atomic E-state index is 11.7. The lowest BCUT2D eigenvalue weighted by molar-refractivity contribution is 0.0953. The monoisotopic (exact) mass is 316 g/mol. The zero-order valence-corrected chi connectivity index (χ0v) is 12.3. The van der Waals surface area contributed by atoms with Crippen molar-refractivity contribution >= 4 is 33.6 Å². The molecule has 1 aromatic rings. The lowest BCUT2D eigenvalue weighted by atomic mass is 10.2. The first-order valence-corrected chi connectivity index (χ1v) is 7.81. The van der Waals surface area contributed by atoms with Gasteiger partial charge in [-0.05, 0) is 52.9 Å². The van der Waals surface area contributed by atoms with Crippen LogP contribution < -0.4 is 5.32 Å². The van der Waals surface area contributed by atoms with Crippen LogP contribution >= 0.6 is 27.7 Å². The third-order valence-electron chi connectivity index (χ3n) is 2.30. The van der Waals surface area contributed by atoms with Crippen molar-refractivity contribution < 1.29 is 4.79 Å². The van der Waals surface area contributed by atoms with Crippen molar-refractivity contribution in [2.45, 2.75) is 19.3 Å². The Hall–Kier alpha value is -0.550. The van der Waals surface area contributed by atoms with Crippen molar-refractivity contribution in [1.82, 2.24) is 10.3 Å². The number of rotatable bonds is 7. The number of unbranched alkanes of at least 4 members (excludes halogenated alkanes) is 2. The van der Waals surface area contributed by atoms with E-state index >= 15 is 0 Å². The smallest absolute Gasteiger partial charge is 0.251 e. The second kappa shape index (κ2) is 8.53. The van der Waals surface area contributed by atoms with Gasteiger partial charge in [-0.1, -0.05) is 6.42 Å². The average Bonchev–Trinajstić information content (AvgIpc) is 2.33. The third-order valence-corrected chi connectivity index (χ3v) is 3.43. The molecule has 0 spiro atoms. The van der Waals surface area contributed by atoms with Gasteiger partial charge in [0, 0.05) is 18.3 Å². The number of hydrogen-bond donors (Lipinski definition) is 1. The van der Waals surface area contributed by atoms with Gasteiger partial charge in [-0.2, -0.15) is 11.8 Å². The van der Waals surface area contributed by atoms with Crippen LogP contribution in [0.4, 0.5) is 0 Å².